The maximum Gasteiger partial charge on any atom is 0.119 e. The van der Waals surface area contributed by atoms with Gasteiger partial charge >= 0.3 is 0 Å². The van der Waals surface area contributed by atoms with E-state index in [1.807, 2.05) is 7.05 Å². The highest BCUT2D eigenvalue weighted by molar-refractivity contribution is 5.31. The Balaban J connectivity index is 2.50. The second-order valence-electron chi connectivity index (χ2n) is 6.51. The molecule has 0 aliphatic carbocycles. The summed E-state index contributed by atoms with van der Waals surface area (Å²) >= 11 is 0. The molecule has 0 atom stereocenters. The lowest BCUT2D eigenvalue weighted by Gasteiger charge is -2.24. The molecule has 0 radical (unpaired) electrons. The predicted molar refractivity (Wildman–Crippen MR) is 78.4 cm³/mol. The Kier molecular flexibility index (Phi) is 4.80. The molecule has 1 aromatic rings. The van der Waals surface area contributed by atoms with E-state index in [1.165, 1.54) is 5.56 Å². The largest absolute Gasteiger partial charge is 0.494 e. The van der Waals surface area contributed by atoms with Crippen molar-refractivity contribution >= 4 is 0 Å². The monoisotopic (exact) mass is 249 g/mol. The third kappa shape index (κ3) is 4.69. The van der Waals surface area contributed by atoms with Crippen LogP contribution in [-0.4, -0.2) is 19.2 Å². The van der Waals surface area contributed by atoms with Gasteiger partial charge in [-0.25, -0.2) is 0 Å². The van der Waals surface area contributed by atoms with E-state index in [4.69, 9.17) is 4.74 Å². The fraction of sp³-hybridized carbons (Fsp3) is 0.625. The highest BCUT2D eigenvalue weighted by Gasteiger charge is 2.15. The van der Waals surface area contributed by atoms with Gasteiger partial charge in [0.15, 0.2) is 0 Å². The van der Waals surface area contributed by atoms with Crippen LogP contribution < -0.4 is 10.1 Å². The number of rotatable bonds is 5. The molecule has 0 heterocycles. The van der Waals surface area contributed by atoms with Crippen LogP contribution in [0, 0.1) is 0 Å². The van der Waals surface area contributed by atoms with E-state index in [2.05, 4.69) is 64.2 Å². The number of hydrogen-bond donors (Lipinski definition) is 1. The molecule has 18 heavy (non-hydrogen) atoms. The molecule has 0 bridgehead atoms. The maximum atomic E-state index is 5.77. The third-order valence-electron chi connectivity index (χ3n) is 3.39. The minimum Gasteiger partial charge on any atom is -0.494 e. The molecule has 0 amide bonds. The van der Waals surface area contributed by atoms with Gasteiger partial charge < -0.3 is 10.1 Å². The van der Waals surface area contributed by atoms with Gasteiger partial charge in [-0.05, 0) is 50.4 Å². The van der Waals surface area contributed by atoms with Crippen LogP contribution in [0.15, 0.2) is 24.3 Å². The van der Waals surface area contributed by atoms with Crippen LogP contribution in [-0.2, 0) is 5.41 Å². The molecule has 2 heteroatoms. The van der Waals surface area contributed by atoms with Gasteiger partial charge in [0, 0.05) is 5.54 Å². The van der Waals surface area contributed by atoms with Gasteiger partial charge in [-0.3, -0.25) is 0 Å². The van der Waals surface area contributed by atoms with E-state index >= 15 is 0 Å². The first-order chi connectivity index (χ1) is 8.24. The Morgan fingerprint density at radius 3 is 2.00 bits per heavy atom. The summed E-state index contributed by atoms with van der Waals surface area (Å²) in [6, 6.07) is 8.43. The number of hydrogen-bond acceptors (Lipinski definition) is 2. The SMILES string of the molecule is CNC(C)(C)CCOc1ccc(C(C)(C)C)cc1. The molecule has 0 aliphatic rings. The quantitative estimate of drug-likeness (QED) is 0.858. The van der Waals surface area contributed by atoms with Crippen LogP contribution in [0.4, 0.5) is 0 Å². The molecular formula is C16H27NO. The molecule has 1 N–H and O–H groups in total. The van der Waals surface area contributed by atoms with Crippen molar-refractivity contribution in [2.45, 2.75) is 52.0 Å². The van der Waals surface area contributed by atoms with Crippen LogP contribution in [0.25, 0.3) is 0 Å². The first kappa shape index (κ1) is 15.0. The second kappa shape index (κ2) is 5.75. The van der Waals surface area contributed by atoms with Crippen LogP contribution in [0.1, 0.15) is 46.6 Å². The van der Waals surface area contributed by atoms with E-state index in [-0.39, 0.29) is 11.0 Å². The lowest BCUT2D eigenvalue weighted by atomic mass is 9.87. The van der Waals surface area contributed by atoms with E-state index in [1.54, 1.807) is 0 Å². The van der Waals surface area contributed by atoms with Gasteiger partial charge in [-0.1, -0.05) is 32.9 Å². The highest BCUT2D eigenvalue weighted by Crippen LogP contribution is 2.24. The van der Waals surface area contributed by atoms with E-state index in [0.29, 0.717) is 0 Å². The van der Waals surface area contributed by atoms with Gasteiger partial charge in [-0.15, -0.1) is 0 Å². The molecule has 102 valence electrons. The van der Waals surface area contributed by atoms with Crippen molar-refractivity contribution in [2.24, 2.45) is 0 Å². The lowest BCUT2D eigenvalue weighted by molar-refractivity contribution is 0.256. The minimum atomic E-state index is 0.130. The fourth-order valence-electron chi connectivity index (χ4n) is 1.60. The zero-order valence-electron chi connectivity index (χ0n) is 12.6. The predicted octanol–water partition coefficient (Wildman–Crippen LogP) is 3.75. The van der Waals surface area contributed by atoms with Crippen molar-refractivity contribution in [1.82, 2.24) is 5.32 Å². The standard InChI is InChI=1S/C16H27NO/c1-15(2,3)13-7-9-14(10-8-13)18-12-11-16(4,5)17-6/h7-10,17H,11-12H2,1-6H3. The Morgan fingerprint density at radius 2 is 1.56 bits per heavy atom. The van der Waals surface area contributed by atoms with Crippen molar-refractivity contribution in [3.63, 3.8) is 0 Å². The van der Waals surface area contributed by atoms with Crippen molar-refractivity contribution in [2.75, 3.05) is 13.7 Å². The third-order valence-corrected chi connectivity index (χ3v) is 3.39. The van der Waals surface area contributed by atoms with Crippen molar-refractivity contribution in [3.8, 4) is 5.75 Å². The second-order valence-corrected chi connectivity index (χ2v) is 6.51. The smallest absolute Gasteiger partial charge is 0.119 e. The average Bonchev–Trinajstić information content (AvgIpc) is 2.28. The molecular weight excluding hydrogens is 222 g/mol. The van der Waals surface area contributed by atoms with Crippen LogP contribution in [0.3, 0.4) is 0 Å². The summed E-state index contributed by atoms with van der Waals surface area (Å²) in [6.45, 7) is 11.8. The highest BCUT2D eigenvalue weighted by atomic mass is 16.5. The minimum absolute atomic E-state index is 0.130. The van der Waals surface area contributed by atoms with E-state index in [0.717, 1.165) is 18.8 Å². The summed E-state index contributed by atoms with van der Waals surface area (Å²) in [4.78, 5) is 0. The summed E-state index contributed by atoms with van der Waals surface area (Å²) in [5, 5.41) is 3.28. The maximum absolute atomic E-state index is 5.77. The van der Waals surface area contributed by atoms with Gasteiger partial charge in [0.1, 0.15) is 5.75 Å². The molecule has 1 rings (SSSR count). The van der Waals surface area contributed by atoms with E-state index in [9.17, 15) is 0 Å². The molecule has 0 saturated heterocycles. The normalized spacial score (nSPS) is 12.6. The number of nitrogens with one attached hydrogen (secondary N) is 1. The Bertz CT molecular complexity index is 360. The summed E-state index contributed by atoms with van der Waals surface area (Å²) in [5.41, 5.74) is 1.67. The summed E-state index contributed by atoms with van der Waals surface area (Å²) < 4.78 is 5.77. The lowest BCUT2D eigenvalue weighted by Crippen LogP contribution is -2.37. The summed E-state index contributed by atoms with van der Waals surface area (Å²) in [5.74, 6) is 0.954. The molecule has 0 spiro atoms. The van der Waals surface area contributed by atoms with Crippen molar-refractivity contribution in [1.29, 1.82) is 0 Å². The van der Waals surface area contributed by atoms with Crippen molar-refractivity contribution in [3.05, 3.63) is 29.8 Å². The molecule has 0 aromatic heterocycles. The summed E-state index contributed by atoms with van der Waals surface area (Å²) in [6.07, 6.45) is 0.991. The van der Waals surface area contributed by atoms with Crippen LogP contribution in [0.2, 0.25) is 0 Å². The first-order valence-corrected chi connectivity index (χ1v) is 6.67. The van der Waals surface area contributed by atoms with Gasteiger partial charge in [-0.2, -0.15) is 0 Å². The van der Waals surface area contributed by atoms with Gasteiger partial charge in [0.2, 0.25) is 0 Å². The van der Waals surface area contributed by atoms with Gasteiger partial charge in [0.25, 0.3) is 0 Å². The first-order valence-electron chi connectivity index (χ1n) is 6.67. The molecule has 1 aromatic carbocycles. The molecule has 2 nitrogen and oxygen atoms in total. The zero-order chi connectivity index (χ0) is 13.8. The van der Waals surface area contributed by atoms with Crippen LogP contribution in [0.5, 0.6) is 5.75 Å². The Labute approximate surface area is 112 Å². The molecule has 0 fully saturated rings. The average molecular weight is 249 g/mol. The number of benzene rings is 1. The van der Waals surface area contributed by atoms with E-state index < -0.39 is 0 Å². The Hall–Kier alpha value is -1.02. The molecule has 0 saturated carbocycles. The zero-order valence-corrected chi connectivity index (χ0v) is 12.6. The van der Waals surface area contributed by atoms with Crippen LogP contribution >= 0.6 is 0 Å². The van der Waals surface area contributed by atoms with Gasteiger partial charge in [0.05, 0.1) is 6.61 Å². The Morgan fingerprint density at radius 1 is 1.00 bits per heavy atom. The number of ether oxygens (including phenoxy) is 1. The fourth-order valence-corrected chi connectivity index (χ4v) is 1.60. The molecule has 0 unspecified atom stereocenters. The topological polar surface area (TPSA) is 21.3 Å². The molecule has 0 aliphatic heterocycles. The summed E-state index contributed by atoms with van der Waals surface area (Å²) in [7, 11) is 1.98. The van der Waals surface area contributed by atoms with Crippen molar-refractivity contribution < 1.29 is 4.74 Å².